The smallest absolute Gasteiger partial charge is 0.163 e. The van der Waals surface area contributed by atoms with Crippen molar-refractivity contribution >= 4 is 11.8 Å². The first-order valence-corrected chi connectivity index (χ1v) is 6.44. The second-order valence-electron chi connectivity index (χ2n) is 4.14. The average Bonchev–Trinajstić information content (AvgIpc) is 2.46. The van der Waals surface area contributed by atoms with E-state index in [1.165, 1.54) is 0 Å². The Morgan fingerprint density at radius 3 is 2.71 bits per heavy atom. The van der Waals surface area contributed by atoms with Crippen molar-refractivity contribution in [1.29, 1.82) is 0 Å². The van der Waals surface area contributed by atoms with Crippen molar-refractivity contribution in [3.05, 3.63) is 0 Å². The summed E-state index contributed by atoms with van der Waals surface area (Å²) in [5, 5.41) is 3.21. The lowest BCUT2D eigenvalue weighted by Gasteiger charge is -2.23. The first-order valence-electron chi connectivity index (χ1n) is 5.04. The summed E-state index contributed by atoms with van der Waals surface area (Å²) in [4.78, 5) is 0. The van der Waals surface area contributed by atoms with E-state index in [0.29, 0.717) is 5.92 Å². The highest BCUT2D eigenvalue weighted by Gasteiger charge is 2.36. The summed E-state index contributed by atoms with van der Waals surface area (Å²) in [6, 6.07) is 0. The standard InChI is InChI=1S/C10H21NO2S/c1-10(2)12-6-9(13-10)8(5-11-3)7-14-4/h8-9,11H,5-7H2,1-4H3/t8-,9?/m1/s1. The molecular weight excluding hydrogens is 198 g/mol. The SMILES string of the molecule is CNC[C@H](CSC)C1COC(C)(C)O1. The number of nitrogens with one attached hydrogen (secondary N) is 1. The number of ether oxygens (including phenoxy) is 2. The molecule has 1 N–H and O–H groups in total. The van der Waals surface area contributed by atoms with E-state index in [1.54, 1.807) is 0 Å². The molecule has 14 heavy (non-hydrogen) atoms. The highest BCUT2D eigenvalue weighted by atomic mass is 32.2. The summed E-state index contributed by atoms with van der Waals surface area (Å²) in [7, 11) is 1.98. The van der Waals surface area contributed by atoms with Gasteiger partial charge in [-0.05, 0) is 32.9 Å². The van der Waals surface area contributed by atoms with Crippen LogP contribution in [0.15, 0.2) is 0 Å². The van der Waals surface area contributed by atoms with Gasteiger partial charge in [0.1, 0.15) is 0 Å². The third-order valence-corrected chi connectivity index (χ3v) is 3.16. The van der Waals surface area contributed by atoms with E-state index in [9.17, 15) is 0 Å². The second kappa shape index (κ2) is 5.35. The molecule has 1 heterocycles. The van der Waals surface area contributed by atoms with Crippen molar-refractivity contribution in [2.24, 2.45) is 5.92 Å². The predicted molar refractivity (Wildman–Crippen MR) is 60.7 cm³/mol. The fourth-order valence-corrected chi connectivity index (χ4v) is 2.48. The summed E-state index contributed by atoms with van der Waals surface area (Å²) < 4.78 is 11.4. The highest BCUT2D eigenvalue weighted by molar-refractivity contribution is 7.98. The molecule has 0 aromatic heterocycles. The summed E-state index contributed by atoms with van der Waals surface area (Å²) in [5.74, 6) is 1.26. The summed E-state index contributed by atoms with van der Waals surface area (Å²) in [6.45, 7) is 5.66. The Morgan fingerprint density at radius 1 is 1.57 bits per heavy atom. The molecule has 1 fully saturated rings. The Hall–Kier alpha value is 0.230. The number of hydrogen-bond acceptors (Lipinski definition) is 4. The molecule has 2 atom stereocenters. The van der Waals surface area contributed by atoms with Gasteiger partial charge < -0.3 is 14.8 Å². The van der Waals surface area contributed by atoms with Crippen LogP contribution in [-0.2, 0) is 9.47 Å². The van der Waals surface area contributed by atoms with Gasteiger partial charge in [-0.2, -0.15) is 11.8 Å². The molecule has 1 aliphatic heterocycles. The Balaban J connectivity index is 2.44. The molecule has 0 aromatic rings. The minimum absolute atomic E-state index is 0.241. The number of thioether (sulfide) groups is 1. The van der Waals surface area contributed by atoms with E-state index >= 15 is 0 Å². The van der Waals surface area contributed by atoms with Crippen molar-refractivity contribution in [2.75, 3.05) is 32.2 Å². The van der Waals surface area contributed by atoms with Crippen LogP contribution < -0.4 is 5.32 Å². The molecule has 0 bridgehead atoms. The summed E-state index contributed by atoms with van der Waals surface area (Å²) in [6.07, 6.45) is 2.37. The van der Waals surface area contributed by atoms with Crippen LogP contribution in [0.5, 0.6) is 0 Å². The van der Waals surface area contributed by atoms with Crippen LogP contribution in [0, 0.1) is 5.92 Å². The maximum absolute atomic E-state index is 5.84. The average molecular weight is 219 g/mol. The van der Waals surface area contributed by atoms with Crippen molar-refractivity contribution < 1.29 is 9.47 Å². The molecule has 0 aromatic carbocycles. The molecule has 4 heteroatoms. The fraction of sp³-hybridized carbons (Fsp3) is 1.00. The summed E-state index contributed by atoms with van der Waals surface area (Å²) in [5.41, 5.74) is 0. The highest BCUT2D eigenvalue weighted by Crippen LogP contribution is 2.27. The zero-order chi connectivity index (χ0) is 10.6. The van der Waals surface area contributed by atoms with Gasteiger partial charge in [0.25, 0.3) is 0 Å². The molecule has 84 valence electrons. The molecule has 0 aliphatic carbocycles. The van der Waals surface area contributed by atoms with Crippen LogP contribution in [0.4, 0.5) is 0 Å². The van der Waals surface area contributed by atoms with Gasteiger partial charge in [0.15, 0.2) is 5.79 Å². The van der Waals surface area contributed by atoms with E-state index in [4.69, 9.17) is 9.47 Å². The zero-order valence-electron chi connectivity index (χ0n) is 9.50. The van der Waals surface area contributed by atoms with Crippen molar-refractivity contribution in [3.8, 4) is 0 Å². The first-order chi connectivity index (χ1) is 6.59. The molecule has 0 amide bonds. The topological polar surface area (TPSA) is 30.5 Å². The van der Waals surface area contributed by atoms with E-state index in [1.807, 2.05) is 32.7 Å². The van der Waals surface area contributed by atoms with Gasteiger partial charge in [0.05, 0.1) is 12.7 Å². The Labute approximate surface area is 90.9 Å². The van der Waals surface area contributed by atoms with Gasteiger partial charge in [0.2, 0.25) is 0 Å². The van der Waals surface area contributed by atoms with E-state index in [0.717, 1.165) is 18.9 Å². The molecule has 1 saturated heterocycles. The lowest BCUT2D eigenvalue weighted by molar-refractivity contribution is -0.143. The van der Waals surface area contributed by atoms with Gasteiger partial charge in [-0.1, -0.05) is 0 Å². The van der Waals surface area contributed by atoms with Gasteiger partial charge in [-0.3, -0.25) is 0 Å². The lowest BCUT2D eigenvalue weighted by Crippen LogP contribution is -2.34. The predicted octanol–water partition coefficient (Wildman–Crippen LogP) is 1.34. The molecule has 3 nitrogen and oxygen atoms in total. The quantitative estimate of drug-likeness (QED) is 0.756. The molecule has 1 rings (SSSR count). The lowest BCUT2D eigenvalue weighted by atomic mass is 10.1. The molecule has 1 aliphatic rings. The Bertz CT molecular complexity index is 170. The van der Waals surface area contributed by atoms with Crippen LogP contribution in [-0.4, -0.2) is 44.1 Å². The van der Waals surface area contributed by atoms with E-state index < -0.39 is 5.79 Å². The normalized spacial score (nSPS) is 27.9. The first kappa shape index (κ1) is 12.3. The monoisotopic (exact) mass is 219 g/mol. The molecular formula is C10H21NO2S. The largest absolute Gasteiger partial charge is 0.348 e. The van der Waals surface area contributed by atoms with Gasteiger partial charge in [0, 0.05) is 12.5 Å². The third kappa shape index (κ3) is 3.42. The van der Waals surface area contributed by atoms with Crippen LogP contribution >= 0.6 is 11.8 Å². The molecule has 0 saturated carbocycles. The number of rotatable bonds is 5. The van der Waals surface area contributed by atoms with Crippen molar-refractivity contribution in [3.63, 3.8) is 0 Å². The Kier molecular flexibility index (Phi) is 4.70. The minimum atomic E-state index is -0.394. The Morgan fingerprint density at radius 2 is 2.29 bits per heavy atom. The molecule has 0 radical (unpaired) electrons. The van der Waals surface area contributed by atoms with Gasteiger partial charge in [-0.25, -0.2) is 0 Å². The van der Waals surface area contributed by atoms with Crippen molar-refractivity contribution in [1.82, 2.24) is 5.32 Å². The number of hydrogen-bond donors (Lipinski definition) is 1. The maximum atomic E-state index is 5.84. The van der Waals surface area contributed by atoms with Gasteiger partial charge in [-0.15, -0.1) is 0 Å². The van der Waals surface area contributed by atoms with Crippen LogP contribution in [0.2, 0.25) is 0 Å². The third-order valence-electron chi connectivity index (χ3n) is 2.40. The van der Waals surface area contributed by atoms with Crippen LogP contribution in [0.1, 0.15) is 13.8 Å². The molecule has 1 unspecified atom stereocenters. The summed E-state index contributed by atoms with van der Waals surface area (Å²) >= 11 is 1.86. The van der Waals surface area contributed by atoms with Crippen molar-refractivity contribution in [2.45, 2.75) is 25.7 Å². The zero-order valence-corrected chi connectivity index (χ0v) is 10.3. The van der Waals surface area contributed by atoms with E-state index in [2.05, 4.69) is 11.6 Å². The van der Waals surface area contributed by atoms with Crippen LogP contribution in [0.25, 0.3) is 0 Å². The van der Waals surface area contributed by atoms with Gasteiger partial charge >= 0.3 is 0 Å². The molecule has 0 spiro atoms. The second-order valence-corrected chi connectivity index (χ2v) is 5.05. The fourth-order valence-electron chi connectivity index (χ4n) is 1.72. The van der Waals surface area contributed by atoms with Crippen LogP contribution in [0.3, 0.4) is 0 Å². The van der Waals surface area contributed by atoms with E-state index in [-0.39, 0.29) is 6.10 Å². The maximum Gasteiger partial charge on any atom is 0.163 e. The minimum Gasteiger partial charge on any atom is -0.348 e.